The molecule has 2 atom stereocenters. The van der Waals surface area contributed by atoms with Crippen molar-refractivity contribution in [2.75, 3.05) is 13.3 Å². The zero-order valence-corrected chi connectivity index (χ0v) is 8.19. The number of primary amides is 1. The second kappa shape index (κ2) is 7.13. The summed E-state index contributed by atoms with van der Waals surface area (Å²) in [6.45, 7) is -0.563. The van der Waals surface area contributed by atoms with Gasteiger partial charge in [-0.25, -0.2) is 0 Å². The Morgan fingerprint density at radius 2 is 2.07 bits per heavy atom. The van der Waals surface area contributed by atoms with Crippen LogP contribution in [0, 0.1) is 0 Å². The maximum atomic E-state index is 11.7. The predicted molar refractivity (Wildman–Crippen MR) is 49.8 cm³/mol. The first-order valence-electron chi connectivity index (χ1n) is 4.44. The molecule has 1 unspecified atom stereocenters. The summed E-state index contributed by atoms with van der Waals surface area (Å²) in [5, 5.41) is 8.49. The summed E-state index contributed by atoms with van der Waals surface area (Å²) >= 11 is 0. The van der Waals surface area contributed by atoms with E-state index in [1.165, 1.54) is 0 Å². The molecule has 6 nitrogen and oxygen atoms in total. The Hall–Kier alpha value is -1.21. The molecule has 0 rings (SSSR count). The van der Waals surface area contributed by atoms with E-state index in [2.05, 4.69) is 0 Å². The van der Waals surface area contributed by atoms with E-state index in [4.69, 9.17) is 21.3 Å². The van der Waals surface area contributed by atoms with Gasteiger partial charge in [0.2, 0.25) is 5.91 Å². The molecule has 7 heteroatoms. The fraction of sp³-hybridized carbons (Fsp3) is 0.750. The van der Waals surface area contributed by atoms with Crippen molar-refractivity contribution in [3.8, 4) is 0 Å². The quantitative estimate of drug-likeness (QED) is 0.455. The van der Waals surface area contributed by atoms with Gasteiger partial charge in [0.25, 0.3) is 0 Å². The fourth-order valence-electron chi connectivity index (χ4n) is 0.878. The summed E-state index contributed by atoms with van der Waals surface area (Å²) in [7, 11) is 0. The van der Waals surface area contributed by atoms with E-state index in [-0.39, 0.29) is 19.4 Å². The van der Waals surface area contributed by atoms with E-state index in [1.54, 1.807) is 0 Å². The molecular weight excluding hydrogens is 206 g/mol. The van der Waals surface area contributed by atoms with Gasteiger partial charge in [-0.2, -0.15) is 0 Å². The van der Waals surface area contributed by atoms with Crippen LogP contribution in [0.15, 0.2) is 0 Å². The molecule has 5 N–H and O–H groups in total. The van der Waals surface area contributed by atoms with E-state index in [9.17, 15) is 14.0 Å². The number of halogens is 1. The lowest BCUT2D eigenvalue weighted by molar-refractivity contribution is -0.140. The molecule has 0 bridgehead atoms. The summed E-state index contributed by atoms with van der Waals surface area (Å²) < 4.78 is 16.6. The molecule has 0 fully saturated rings. The number of carboxylic acids is 1. The van der Waals surface area contributed by atoms with Crippen molar-refractivity contribution in [3.05, 3.63) is 0 Å². The van der Waals surface area contributed by atoms with Crippen LogP contribution in [0.4, 0.5) is 4.39 Å². The first-order chi connectivity index (χ1) is 6.99. The van der Waals surface area contributed by atoms with Crippen molar-refractivity contribution in [2.24, 2.45) is 11.5 Å². The van der Waals surface area contributed by atoms with Gasteiger partial charge in [0.1, 0.15) is 12.1 Å². The summed E-state index contributed by atoms with van der Waals surface area (Å²) in [5.41, 5.74) is 10.2. The molecule has 0 aliphatic rings. The minimum absolute atomic E-state index is 0.0104. The Morgan fingerprint density at radius 1 is 1.47 bits per heavy atom. The zero-order chi connectivity index (χ0) is 11.8. The summed E-state index contributed by atoms with van der Waals surface area (Å²) in [4.78, 5) is 21.2. The van der Waals surface area contributed by atoms with Crippen LogP contribution in [0.2, 0.25) is 0 Å². The van der Waals surface area contributed by atoms with Crippen molar-refractivity contribution in [2.45, 2.75) is 25.0 Å². The van der Waals surface area contributed by atoms with E-state index < -0.39 is 30.7 Å². The number of carbonyl (C=O) groups excluding carboxylic acids is 1. The lowest BCUT2D eigenvalue weighted by Gasteiger charge is -2.16. The third kappa shape index (κ3) is 5.97. The van der Waals surface area contributed by atoms with E-state index in [0.29, 0.717) is 0 Å². The molecule has 0 heterocycles. The number of hydrogen-bond acceptors (Lipinski definition) is 4. The van der Waals surface area contributed by atoms with Crippen LogP contribution in [0.1, 0.15) is 12.8 Å². The highest BCUT2D eigenvalue weighted by atomic mass is 18.2. The van der Waals surface area contributed by atoms with Gasteiger partial charge in [0.05, 0.1) is 13.3 Å². The van der Waals surface area contributed by atoms with Gasteiger partial charge in [-0.3, -0.25) is 14.0 Å². The van der Waals surface area contributed by atoms with Gasteiger partial charge in [-0.15, -0.1) is 0 Å². The average Bonchev–Trinajstić information content (AvgIpc) is 2.15. The minimum atomic E-state index is -1.24. The second-order valence-corrected chi connectivity index (χ2v) is 2.98. The molecule has 0 radical (unpaired) electrons. The van der Waals surface area contributed by atoms with Crippen molar-refractivity contribution in [1.82, 2.24) is 0 Å². The predicted octanol–water partition coefficient (Wildman–Crippen LogP) is -0.982. The molecule has 0 aromatic rings. The number of aliphatic carboxylic acids is 1. The molecular formula is C8H15FN2O4. The number of nitrogens with two attached hydrogens (primary N) is 2. The second-order valence-electron chi connectivity index (χ2n) is 2.98. The third-order valence-corrected chi connectivity index (χ3v) is 1.70. The molecule has 1 amide bonds. The molecule has 0 aromatic carbocycles. The molecule has 0 spiro atoms. The smallest absolute Gasteiger partial charge is 0.320 e. The van der Waals surface area contributed by atoms with E-state index >= 15 is 0 Å². The third-order valence-electron chi connectivity index (χ3n) is 1.70. The van der Waals surface area contributed by atoms with Gasteiger partial charge in [-0.05, 0) is 6.42 Å². The Kier molecular flexibility index (Phi) is 6.56. The van der Waals surface area contributed by atoms with Crippen molar-refractivity contribution >= 4 is 11.9 Å². The van der Waals surface area contributed by atoms with Crippen molar-refractivity contribution in [1.29, 1.82) is 0 Å². The number of hydrogen-bond donors (Lipinski definition) is 3. The molecule has 88 valence electrons. The number of carboxylic acid groups (broad SMARTS) is 1. The first kappa shape index (κ1) is 13.8. The van der Waals surface area contributed by atoms with Gasteiger partial charge in [0, 0.05) is 6.42 Å². The van der Waals surface area contributed by atoms with Crippen molar-refractivity contribution in [3.63, 3.8) is 0 Å². The highest BCUT2D eigenvalue weighted by Gasteiger charge is 2.23. The summed E-state index contributed by atoms with van der Waals surface area (Å²) in [6.07, 6.45) is -1.16. The highest BCUT2D eigenvalue weighted by molar-refractivity contribution is 5.80. The number of carbonyl (C=O) groups is 2. The number of ether oxygens (including phenoxy) is 1. The van der Waals surface area contributed by atoms with Gasteiger partial charge in [-0.1, -0.05) is 0 Å². The SMILES string of the molecule is NC(=O)[C@H](CC(N)C(=O)O)OCCC[18F]. The Bertz CT molecular complexity index is 225. The topological polar surface area (TPSA) is 116 Å². The molecule has 0 aliphatic heterocycles. The van der Waals surface area contributed by atoms with E-state index in [1.807, 2.05) is 0 Å². The normalized spacial score (nSPS) is 14.5. The largest absolute Gasteiger partial charge is 0.480 e. The van der Waals surface area contributed by atoms with Gasteiger partial charge >= 0.3 is 5.97 Å². The fourth-order valence-corrected chi connectivity index (χ4v) is 0.878. The van der Waals surface area contributed by atoms with Crippen LogP contribution in [-0.4, -0.2) is 42.4 Å². The summed E-state index contributed by atoms with van der Waals surface area (Å²) in [6, 6.07) is -1.21. The van der Waals surface area contributed by atoms with Crippen LogP contribution in [0.5, 0.6) is 0 Å². The molecule has 0 saturated heterocycles. The molecule has 0 saturated carbocycles. The van der Waals surface area contributed by atoms with Crippen LogP contribution in [0.25, 0.3) is 0 Å². The Morgan fingerprint density at radius 3 is 2.47 bits per heavy atom. The number of amides is 1. The minimum Gasteiger partial charge on any atom is -0.480 e. The van der Waals surface area contributed by atoms with E-state index in [0.717, 1.165) is 0 Å². The zero-order valence-electron chi connectivity index (χ0n) is 8.19. The van der Waals surface area contributed by atoms with Gasteiger partial charge < -0.3 is 21.3 Å². The summed E-state index contributed by atoms with van der Waals surface area (Å²) in [5.74, 6) is -2.04. The lowest BCUT2D eigenvalue weighted by Crippen LogP contribution is -2.40. The maximum Gasteiger partial charge on any atom is 0.320 e. The lowest BCUT2D eigenvalue weighted by atomic mass is 10.1. The first-order valence-corrected chi connectivity index (χ1v) is 4.44. The van der Waals surface area contributed by atoms with Crippen LogP contribution in [-0.2, 0) is 14.3 Å². The maximum absolute atomic E-state index is 11.7. The van der Waals surface area contributed by atoms with Crippen LogP contribution in [0.3, 0.4) is 0 Å². The Labute approximate surface area is 86.4 Å². The monoisotopic (exact) mass is 221 g/mol. The molecule has 0 aliphatic carbocycles. The molecule has 15 heavy (non-hydrogen) atoms. The highest BCUT2D eigenvalue weighted by Crippen LogP contribution is 2.02. The van der Waals surface area contributed by atoms with Crippen molar-refractivity contribution < 1.29 is 23.8 Å². The Balaban J connectivity index is 4.04. The van der Waals surface area contributed by atoms with Crippen LogP contribution >= 0.6 is 0 Å². The average molecular weight is 221 g/mol. The van der Waals surface area contributed by atoms with Crippen LogP contribution < -0.4 is 11.5 Å². The number of rotatable bonds is 8. The standard InChI is InChI=1S/C8H15FN2O4/c9-2-1-3-15-6(7(11)12)4-5(10)8(13)14/h5-6H,1-4,10H2,(H2,11,12)(H,13,14)/t5?,6-/m0/s1/i9-1. The molecule has 0 aromatic heterocycles. The number of alkyl halides is 1. The van der Waals surface area contributed by atoms with Gasteiger partial charge in [0.15, 0.2) is 0 Å².